The summed E-state index contributed by atoms with van der Waals surface area (Å²) in [4.78, 5) is 20.4. The maximum atomic E-state index is 12.0. The fourth-order valence-electron chi connectivity index (χ4n) is 2.25. The second-order valence-electron chi connectivity index (χ2n) is 5.11. The van der Waals surface area contributed by atoms with E-state index in [9.17, 15) is 4.79 Å². The molecule has 4 nitrogen and oxygen atoms in total. The van der Waals surface area contributed by atoms with Gasteiger partial charge in [-0.05, 0) is 31.6 Å². The van der Waals surface area contributed by atoms with Crippen LogP contribution in [0.1, 0.15) is 23.7 Å². The van der Waals surface area contributed by atoms with Gasteiger partial charge >= 0.3 is 0 Å². The van der Waals surface area contributed by atoms with Crippen molar-refractivity contribution in [2.45, 2.75) is 26.3 Å². The lowest BCUT2D eigenvalue weighted by molar-refractivity contribution is -0.132. The molecule has 2 heterocycles. The molecule has 0 saturated heterocycles. The smallest absolute Gasteiger partial charge is 0.237 e. The molecule has 0 aromatic carbocycles. The maximum Gasteiger partial charge on any atom is 0.237 e. The Labute approximate surface area is 109 Å². The van der Waals surface area contributed by atoms with Gasteiger partial charge in [-0.2, -0.15) is 0 Å². The number of hydrogen-bond donors (Lipinski definition) is 0. The standard InChI is InChI=1S/C14H21N3O/c1-4-11-7-12-9-17(14(18)10-16(2)3)6-5-13(12)15-8-11/h7-8H,4-6,9-10H2,1-3H3. The normalized spacial score (nSPS) is 14.8. The van der Waals surface area contributed by atoms with E-state index in [4.69, 9.17) is 0 Å². The van der Waals surface area contributed by atoms with E-state index in [1.165, 1.54) is 11.1 Å². The molecular formula is C14H21N3O. The third kappa shape index (κ3) is 2.88. The van der Waals surface area contributed by atoms with Crippen LogP contribution in [0.3, 0.4) is 0 Å². The lowest BCUT2D eigenvalue weighted by Crippen LogP contribution is -2.41. The molecule has 98 valence electrons. The van der Waals surface area contributed by atoms with Gasteiger partial charge in [0.2, 0.25) is 5.91 Å². The molecule has 4 heteroatoms. The molecule has 0 atom stereocenters. The molecule has 0 radical (unpaired) electrons. The minimum Gasteiger partial charge on any atom is -0.337 e. The maximum absolute atomic E-state index is 12.0. The van der Waals surface area contributed by atoms with Gasteiger partial charge in [-0.15, -0.1) is 0 Å². The SMILES string of the molecule is CCc1cnc2c(c1)CN(C(=O)CN(C)C)CC2. The first-order valence-electron chi connectivity index (χ1n) is 6.49. The fourth-order valence-corrected chi connectivity index (χ4v) is 2.25. The van der Waals surface area contributed by atoms with Gasteiger partial charge < -0.3 is 9.80 Å². The first kappa shape index (κ1) is 13.0. The highest BCUT2D eigenvalue weighted by Crippen LogP contribution is 2.18. The molecule has 0 fully saturated rings. The van der Waals surface area contributed by atoms with E-state index >= 15 is 0 Å². The average Bonchev–Trinajstić information content (AvgIpc) is 2.36. The minimum atomic E-state index is 0.201. The van der Waals surface area contributed by atoms with Crippen LogP contribution in [0.15, 0.2) is 12.3 Å². The van der Waals surface area contributed by atoms with Crippen molar-refractivity contribution in [2.75, 3.05) is 27.2 Å². The Morgan fingerprint density at radius 1 is 1.50 bits per heavy atom. The van der Waals surface area contributed by atoms with E-state index in [0.29, 0.717) is 13.1 Å². The van der Waals surface area contributed by atoms with Crippen LogP contribution in [0.2, 0.25) is 0 Å². The quantitative estimate of drug-likeness (QED) is 0.802. The molecule has 1 amide bonds. The molecule has 1 aromatic heterocycles. The van der Waals surface area contributed by atoms with Crippen LogP contribution >= 0.6 is 0 Å². The second kappa shape index (κ2) is 5.48. The summed E-state index contributed by atoms with van der Waals surface area (Å²) in [5.74, 6) is 0.201. The van der Waals surface area contributed by atoms with Gasteiger partial charge in [-0.3, -0.25) is 9.78 Å². The van der Waals surface area contributed by atoms with Crippen LogP contribution in [-0.4, -0.2) is 47.9 Å². The Morgan fingerprint density at radius 3 is 2.94 bits per heavy atom. The number of aryl methyl sites for hydroxylation is 1. The Hall–Kier alpha value is -1.42. The average molecular weight is 247 g/mol. The molecule has 0 spiro atoms. The van der Waals surface area contributed by atoms with E-state index in [2.05, 4.69) is 18.0 Å². The van der Waals surface area contributed by atoms with Crippen LogP contribution in [0, 0.1) is 0 Å². The van der Waals surface area contributed by atoms with Gasteiger partial charge in [0.05, 0.1) is 6.54 Å². The van der Waals surface area contributed by atoms with Crippen molar-refractivity contribution < 1.29 is 4.79 Å². The van der Waals surface area contributed by atoms with E-state index in [1.54, 1.807) is 0 Å². The van der Waals surface area contributed by atoms with Crippen LogP contribution in [-0.2, 0) is 24.2 Å². The van der Waals surface area contributed by atoms with Crippen molar-refractivity contribution in [3.8, 4) is 0 Å². The third-order valence-electron chi connectivity index (χ3n) is 3.31. The number of amides is 1. The first-order chi connectivity index (χ1) is 8.60. The summed E-state index contributed by atoms with van der Waals surface area (Å²) < 4.78 is 0. The van der Waals surface area contributed by atoms with Gasteiger partial charge in [0, 0.05) is 31.4 Å². The van der Waals surface area contributed by atoms with Gasteiger partial charge in [0.1, 0.15) is 0 Å². The van der Waals surface area contributed by atoms with Crippen molar-refractivity contribution in [3.63, 3.8) is 0 Å². The zero-order chi connectivity index (χ0) is 13.1. The topological polar surface area (TPSA) is 36.4 Å². The Morgan fingerprint density at radius 2 is 2.28 bits per heavy atom. The highest BCUT2D eigenvalue weighted by atomic mass is 16.2. The third-order valence-corrected chi connectivity index (χ3v) is 3.31. The molecule has 2 rings (SSSR count). The molecular weight excluding hydrogens is 226 g/mol. The Bertz CT molecular complexity index is 443. The lowest BCUT2D eigenvalue weighted by Gasteiger charge is -2.29. The summed E-state index contributed by atoms with van der Waals surface area (Å²) in [7, 11) is 3.85. The zero-order valence-corrected chi connectivity index (χ0v) is 11.4. The molecule has 1 aliphatic rings. The summed E-state index contributed by atoms with van der Waals surface area (Å²) in [6, 6.07) is 2.19. The highest BCUT2D eigenvalue weighted by molar-refractivity contribution is 5.78. The number of pyridine rings is 1. The van der Waals surface area contributed by atoms with Crippen LogP contribution < -0.4 is 0 Å². The number of carbonyl (C=O) groups excluding carboxylic acids is 1. The number of fused-ring (bicyclic) bond motifs is 1. The van der Waals surface area contributed by atoms with E-state index in [0.717, 1.165) is 25.1 Å². The summed E-state index contributed by atoms with van der Waals surface area (Å²) in [6.45, 7) is 4.11. The van der Waals surface area contributed by atoms with Crippen molar-refractivity contribution in [1.82, 2.24) is 14.8 Å². The highest BCUT2D eigenvalue weighted by Gasteiger charge is 2.21. The van der Waals surface area contributed by atoms with E-state index in [1.807, 2.05) is 30.1 Å². The van der Waals surface area contributed by atoms with Crippen LogP contribution in [0.25, 0.3) is 0 Å². The van der Waals surface area contributed by atoms with Crippen molar-refractivity contribution in [3.05, 3.63) is 29.1 Å². The molecule has 1 aromatic rings. The molecule has 0 saturated carbocycles. The molecule has 18 heavy (non-hydrogen) atoms. The molecule has 0 N–H and O–H groups in total. The fraction of sp³-hybridized carbons (Fsp3) is 0.571. The Balaban J connectivity index is 2.11. The number of rotatable bonds is 3. The van der Waals surface area contributed by atoms with Crippen molar-refractivity contribution in [2.24, 2.45) is 0 Å². The summed E-state index contributed by atoms with van der Waals surface area (Å²) >= 11 is 0. The van der Waals surface area contributed by atoms with Gasteiger partial charge in [-0.1, -0.05) is 13.0 Å². The lowest BCUT2D eigenvalue weighted by atomic mass is 10.0. The first-order valence-corrected chi connectivity index (χ1v) is 6.49. The Kier molecular flexibility index (Phi) is 3.97. The summed E-state index contributed by atoms with van der Waals surface area (Å²) in [6.07, 6.45) is 3.82. The summed E-state index contributed by atoms with van der Waals surface area (Å²) in [5.41, 5.74) is 3.62. The molecule has 0 bridgehead atoms. The number of hydrogen-bond acceptors (Lipinski definition) is 3. The molecule has 0 unspecified atom stereocenters. The zero-order valence-electron chi connectivity index (χ0n) is 11.4. The molecule has 1 aliphatic heterocycles. The van der Waals surface area contributed by atoms with E-state index < -0.39 is 0 Å². The summed E-state index contributed by atoms with van der Waals surface area (Å²) in [5, 5.41) is 0. The van der Waals surface area contributed by atoms with E-state index in [-0.39, 0.29) is 5.91 Å². The predicted octanol–water partition coefficient (Wildman–Crippen LogP) is 1.09. The predicted molar refractivity (Wildman–Crippen MR) is 71.3 cm³/mol. The van der Waals surface area contributed by atoms with Gasteiger partial charge in [0.25, 0.3) is 0 Å². The van der Waals surface area contributed by atoms with Crippen LogP contribution in [0.4, 0.5) is 0 Å². The van der Waals surface area contributed by atoms with Crippen molar-refractivity contribution in [1.29, 1.82) is 0 Å². The molecule has 0 aliphatic carbocycles. The monoisotopic (exact) mass is 247 g/mol. The minimum absolute atomic E-state index is 0.201. The number of carbonyl (C=O) groups is 1. The number of likely N-dealkylation sites (N-methyl/N-ethyl adjacent to an activating group) is 1. The van der Waals surface area contributed by atoms with Crippen molar-refractivity contribution >= 4 is 5.91 Å². The van der Waals surface area contributed by atoms with Gasteiger partial charge in [-0.25, -0.2) is 0 Å². The number of nitrogens with zero attached hydrogens (tertiary/aromatic N) is 3. The van der Waals surface area contributed by atoms with Gasteiger partial charge in [0.15, 0.2) is 0 Å². The second-order valence-corrected chi connectivity index (χ2v) is 5.11. The largest absolute Gasteiger partial charge is 0.337 e. The van der Waals surface area contributed by atoms with Crippen LogP contribution in [0.5, 0.6) is 0 Å². The number of aromatic nitrogens is 1.